The van der Waals surface area contributed by atoms with Crippen LogP contribution in [0.5, 0.6) is 11.5 Å². The van der Waals surface area contributed by atoms with E-state index in [-0.39, 0.29) is 18.0 Å². The smallest absolute Gasteiger partial charge is 0.309 e. The lowest BCUT2D eigenvalue weighted by atomic mass is 9.96. The van der Waals surface area contributed by atoms with E-state index >= 15 is 0 Å². The monoisotopic (exact) mass is 381 g/mol. The number of carbonyl (C=O) groups excluding carboxylic acids is 1. The number of benzene rings is 2. The number of piperidine rings is 1. The van der Waals surface area contributed by atoms with Crippen molar-refractivity contribution in [1.29, 1.82) is 0 Å². The van der Waals surface area contributed by atoms with Crippen LogP contribution in [-0.4, -0.2) is 37.2 Å². The highest BCUT2D eigenvalue weighted by Crippen LogP contribution is 2.35. The summed E-state index contributed by atoms with van der Waals surface area (Å²) >= 11 is 0. The minimum Gasteiger partial charge on any atom is -0.485 e. The van der Waals surface area contributed by atoms with E-state index < -0.39 is 0 Å². The molecule has 0 saturated carbocycles. The maximum absolute atomic E-state index is 11.9. The average Bonchev–Trinajstić information content (AvgIpc) is 2.75. The molecule has 0 radical (unpaired) electrons. The Morgan fingerprint density at radius 2 is 1.79 bits per heavy atom. The van der Waals surface area contributed by atoms with Gasteiger partial charge in [0.2, 0.25) is 0 Å². The zero-order chi connectivity index (χ0) is 19.3. The van der Waals surface area contributed by atoms with Crippen LogP contribution in [0.25, 0.3) is 0 Å². The van der Waals surface area contributed by atoms with E-state index in [4.69, 9.17) is 14.2 Å². The molecule has 4 rings (SSSR count). The first-order chi connectivity index (χ1) is 13.7. The van der Waals surface area contributed by atoms with Crippen LogP contribution in [0, 0.1) is 5.92 Å². The molecule has 2 aromatic rings. The first kappa shape index (κ1) is 18.8. The van der Waals surface area contributed by atoms with Gasteiger partial charge in [0, 0.05) is 6.54 Å². The van der Waals surface area contributed by atoms with Crippen LogP contribution in [-0.2, 0) is 16.1 Å². The Labute approximate surface area is 166 Å². The highest BCUT2D eigenvalue weighted by molar-refractivity contribution is 5.72. The molecular weight excluding hydrogens is 354 g/mol. The van der Waals surface area contributed by atoms with E-state index in [0.717, 1.165) is 49.5 Å². The van der Waals surface area contributed by atoms with Crippen LogP contribution >= 0.6 is 0 Å². The number of rotatable bonds is 5. The predicted molar refractivity (Wildman–Crippen MR) is 106 cm³/mol. The number of likely N-dealkylation sites (tertiary alicyclic amines) is 1. The summed E-state index contributed by atoms with van der Waals surface area (Å²) in [7, 11) is 0. The van der Waals surface area contributed by atoms with E-state index in [2.05, 4.69) is 29.2 Å². The lowest BCUT2D eigenvalue weighted by molar-refractivity contribution is -0.149. The van der Waals surface area contributed by atoms with Gasteiger partial charge >= 0.3 is 5.97 Å². The fourth-order valence-corrected chi connectivity index (χ4v) is 3.87. The van der Waals surface area contributed by atoms with Crippen molar-refractivity contribution in [3.63, 3.8) is 0 Å². The van der Waals surface area contributed by atoms with Gasteiger partial charge in [0.15, 0.2) is 17.6 Å². The quantitative estimate of drug-likeness (QED) is 0.734. The largest absolute Gasteiger partial charge is 0.485 e. The first-order valence-electron chi connectivity index (χ1n) is 10.1. The van der Waals surface area contributed by atoms with Crippen molar-refractivity contribution in [3.8, 4) is 11.5 Å². The second-order valence-corrected chi connectivity index (χ2v) is 7.41. The van der Waals surface area contributed by atoms with E-state index in [1.54, 1.807) is 0 Å². The summed E-state index contributed by atoms with van der Waals surface area (Å²) in [5.74, 6) is 1.63. The van der Waals surface area contributed by atoms with E-state index in [1.165, 1.54) is 5.56 Å². The molecule has 2 heterocycles. The molecule has 2 aliphatic heterocycles. The van der Waals surface area contributed by atoms with Crippen LogP contribution in [0.1, 0.15) is 37.0 Å². The highest BCUT2D eigenvalue weighted by atomic mass is 16.6. The van der Waals surface area contributed by atoms with Gasteiger partial charge in [-0.05, 0) is 56.1 Å². The molecule has 0 unspecified atom stereocenters. The first-order valence-corrected chi connectivity index (χ1v) is 10.1. The van der Waals surface area contributed by atoms with Crippen LogP contribution in [0.3, 0.4) is 0 Å². The molecule has 2 aromatic carbocycles. The molecule has 2 aliphatic rings. The summed E-state index contributed by atoms with van der Waals surface area (Å²) in [5, 5.41) is 0. The number of carbonyl (C=O) groups is 1. The zero-order valence-electron chi connectivity index (χ0n) is 16.3. The standard InChI is InChI=1S/C23H27NO4/c1-2-26-23(25)19-11-13-24(14-12-19)15-17-7-9-18(10-8-17)22-16-27-20-5-3-4-6-21(20)28-22/h3-10,19,22H,2,11-16H2,1H3/t22-/m1/s1. The van der Waals surface area contributed by atoms with Crippen molar-refractivity contribution in [2.24, 2.45) is 5.92 Å². The van der Waals surface area contributed by atoms with Gasteiger partial charge in [-0.25, -0.2) is 0 Å². The van der Waals surface area contributed by atoms with Crippen LogP contribution in [0.4, 0.5) is 0 Å². The summed E-state index contributed by atoms with van der Waals surface area (Å²) in [6.07, 6.45) is 1.68. The van der Waals surface area contributed by atoms with Crippen molar-refractivity contribution in [1.82, 2.24) is 4.90 Å². The van der Waals surface area contributed by atoms with Gasteiger partial charge < -0.3 is 14.2 Å². The molecule has 0 aromatic heterocycles. The van der Waals surface area contributed by atoms with Gasteiger partial charge in [-0.15, -0.1) is 0 Å². The highest BCUT2D eigenvalue weighted by Gasteiger charge is 2.26. The second kappa shape index (κ2) is 8.65. The number of nitrogens with zero attached hydrogens (tertiary/aromatic N) is 1. The topological polar surface area (TPSA) is 48.0 Å². The Bertz CT molecular complexity index is 797. The number of para-hydroxylation sites is 2. The summed E-state index contributed by atoms with van der Waals surface area (Å²) < 4.78 is 17.0. The van der Waals surface area contributed by atoms with Crippen molar-refractivity contribution < 1.29 is 19.0 Å². The fraction of sp³-hybridized carbons (Fsp3) is 0.435. The third kappa shape index (κ3) is 4.30. The minimum absolute atomic E-state index is 0.0391. The van der Waals surface area contributed by atoms with E-state index in [9.17, 15) is 4.79 Å². The third-order valence-corrected chi connectivity index (χ3v) is 5.47. The summed E-state index contributed by atoms with van der Waals surface area (Å²) in [5.41, 5.74) is 2.40. The molecule has 0 spiro atoms. The molecule has 1 fully saturated rings. The summed E-state index contributed by atoms with van der Waals surface area (Å²) in [6, 6.07) is 16.4. The number of hydrogen-bond acceptors (Lipinski definition) is 5. The van der Waals surface area contributed by atoms with E-state index in [0.29, 0.717) is 13.2 Å². The van der Waals surface area contributed by atoms with Crippen molar-refractivity contribution in [2.45, 2.75) is 32.4 Å². The molecule has 0 aliphatic carbocycles. The van der Waals surface area contributed by atoms with Gasteiger partial charge in [0.05, 0.1) is 12.5 Å². The van der Waals surface area contributed by atoms with Crippen molar-refractivity contribution >= 4 is 5.97 Å². The Morgan fingerprint density at radius 3 is 2.50 bits per heavy atom. The molecule has 5 nitrogen and oxygen atoms in total. The Morgan fingerprint density at radius 1 is 1.07 bits per heavy atom. The summed E-state index contributed by atoms with van der Waals surface area (Å²) in [6.45, 7) is 5.62. The van der Waals surface area contributed by atoms with Crippen molar-refractivity contribution in [2.75, 3.05) is 26.3 Å². The molecular formula is C23H27NO4. The van der Waals surface area contributed by atoms with Crippen LogP contribution < -0.4 is 9.47 Å². The van der Waals surface area contributed by atoms with E-state index in [1.807, 2.05) is 31.2 Å². The average molecular weight is 381 g/mol. The molecule has 0 amide bonds. The SMILES string of the molecule is CCOC(=O)C1CCN(Cc2ccc([C@H]3COc4ccccc4O3)cc2)CC1. The second-order valence-electron chi connectivity index (χ2n) is 7.41. The maximum atomic E-state index is 11.9. The third-order valence-electron chi connectivity index (χ3n) is 5.47. The number of ether oxygens (including phenoxy) is 3. The molecule has 1 atom stereocenters. The lowest BCUT2D eigenvalue weighted by Crippen LogP contribution is -2.36. The number of fused-ring (bicyclic) bond motifs is 1. The number of esters is 1. The molecule has 148 valence electrons. The molecule has 0 bridgehead atoms. The molecule has 0 N–H and O–H groups in total. The Kier molecular flexibility index (Phi) is 5.81. The molecule has 5 heteroatoms. The van der Waals surface area contributed by atoms with Gasteiger partial charge in [0.25, 0.3) is 0 Å². The van der Waals surface area contributed by atoms with Crippen LogP contribution in [0.15, 0.2) is 48.5 Å². The number of hydrogen-bond donors (Lipinski definition) is 0. The lowest BCUT2D eigenvalue weighted by Gasteiger charge is -2.31. The normalized spacial score (nSPS) is 20.0. The van der Waals surface area contributed by atoms with Gasteiger partial charge in [0.1, 0.15) is 6.61 Å². The van der Waals surface area contributed by atoms with Crippen LogP contribution in [0.2, 0.25) is 0 Å². The Balaban J connectivity index is 1.30. The zero-order valence-corrected chi connectivity index (χ0v) is 16.3. The minimum atomic E-state index is -0.0794. The van der Waals surface area contributed by atoms with Gasteiger partial charge in [-0.2, -0.15) is 0 Å². The maximum Gasteiger partial charge on any atom is 0.309 e. The Hall–Kier alpha value is -2.53. The predicted octanol–water partition coefficient (Wildman–Crippen LogP) is 3.97. The molecule has 1 saturated heterocycles. The fourth-order valence-electron chi connectivity index (χ4n) is 3.87. The van der Waals surface area contributed by atoms with Gasteiger partial charge in [-0.3, -0.25) is 9.69 Å². The van der Waals surface area contributed by atoms with Crippen molar-refractivity contribution in [3.05, 3.63) is 59.7 Å². The summed E-state index contributed by atoms with van der Waals surface area (Å²) in [4.78, 5) is 14.3. The van der Waals surface area contributed by atoms with Gasteiger partial charge in [-0.1, -0.05) is 36.4 Å². The molecule has 28 heavy (non-hydrogen) atoms.